The summed E-state index contributed by atoms with van der Waals surface area (Å²) < 4.78 is 7.01. The molecule has 0 saturated carbocycles. The van der Waals surface area contributed by atoms with Crippen LogP contribution in [0, 0.1) is 20.8 Å². The first-order valence-electron chi connectivity index (χ1n) is 8.77. The summed E-state index contributed by atoms with van der Waals surface area (Å²) in [6.07, 6.45) is 2.03. The molecule has 0 aliphatic rings. The highest BCUT2D eigenvalue weighted by molar-refractivity contribution is 5.92. The average molecular weight is 360 g/mol. The third-order valence-corrected chi connectivity index (χ3v) is 4.47. The van der Waals surface area contributed by atoms with E-state index < -0.39 is 0 Å². The van der Waals surface area contributed by atoms with Crippen molar-refractivity contribution in [3.8, 4) is 11.3 Å². The second-order valence-electron chi connectivity index (χ2n) is 6.71. The predicted molar refractivity (Wildman–Crippen MR) is 103 cm³/mol. The van der Waals surface area contributed by atoms with Crippen LogP contribution in [0.4, 0.5) is 0 Å². The Kier molecular flexibility index (Phi) is 4.24. The highest BCUT2D eigenvalue weighted by Crippen LogP contribution is 2.25. The van der Waals surface area contributed by atoms with E-state index in [1.165, 1.54) is 5.56 Å². The third kappa shape index (κ3) is 3.33. The van der Waals surface area contributed by atoms with Gasteiger partial charge in [-0.15, -0.1) is 0 Å². The van der Waals surface area contributed by atoms with Gasteiger partial charge in [-0.25, -0.2) is 4.98 Å². The van der Waals surface area contributed by atoms with Crippen molar-refractivity contribution in [2.75, 3.05) is 0 Å². The molecule has 3 aromatic heterocycles. The molecule has 3 heterocycles. The van der Waals surface area contributed by atoms with E-state index in [0.717, 1.165) is 28.2 Å². The van der Waals surface area contributed by atoms with Gasteiger partial charge in [0.2, 0.25) is 0 Å². The largest absolute Gasteiger partial charge is 0.361 e. The Morgan fingerprint density at radius 2 is 1.81 bits per heavy atom. The van der Waals surface area contributed by atoms with Gasteiger partial charge < -0.3 is 14.2 Å². The van der Waals surface area contributed by atoms with Gasteiger partial charge in [-0.2, -0.15) is 0 Å². The summed E-state index contributed by atoms with van der Waals surface area (Å²) in [5.41, 5.74) is 6.23. The number of carbonyl (C=O) groups excluding carboxylic acids is 1. The van der Waals surface area contributed by atoms with Crippen LogP contribution < -0.4 is 5.32 Å². The Bertz CT molecular complexity index is 1120. The van der Waals surface area contributed by atoms with Crippen LogP contribution in [-0.2, 0) is 6.54 Å². The lowest BCUT2D eigenvalue weighted by molar-refractivity contribution is 0.0941. The summed E-state index contributed by atoms with van der Waals surface area (Å²) in [6.45, 7) is 6.18. The molecule has 0 unspecified atom stereocenters. The van der Waals surface area contributed by atoms with E-state index in [1.54, 1.807) is 13.0 Å². The molecule has 6 nitrogen and oxygen atoms in total. The number of fused-ring (bicyclic) bond motifs is 1. The molecule has 0 aliphatic carbocycles. The molecule has 1 amide bonds. The number of imidazole rings is 1. The van der Waals surface area contributed by atoms with Crippen molar-refractivity contribution in [3.63, 3.8) is 0 Å². The molecule has 0 spiro atoms. The minimum Gasteiger partial charge on any atom is -0.361 e. The van der Waals surface area contributed by atoms with Crippen molar-refractivity contribution >= 4 is 11.6 Å². The van der Waals surface area contributed by atoms with Gasteiger partial charge >= 0.3 is 0 Å². The highest BCUT2D eigenvalue weighted by atomic mass is 16.5. The minimum atomic E-state index is -0.274. The number of aryl methyl sites for hydroxylation is 3. The SMILES string of the molecule is Cc1ccc(-c2nc3ccc(C)cn3c2CNC(=O)c2cc(C)on2)cc1. The molecule has 4 aromatic rings. The van der Waals surface area contributed by atoms with E-state index in [2.05, 4.69) is 41.7 Å². The van der Waals surface area contributed by atoms with Crippen LogP contribution in [-0.4, -0.2) is 20.4 Å². The fourth-order valence-corrected chi connectivity index (χ4v) is 3.04. The maximum absolute atomic E-state index is 12.4. The van der Waals surface area contributed by atoms with Crippen LogP contribution >= 0.6 is 0 Å². The molecule has 27 heavy (non-hydrogen) atoms. The average Bonchev–Trinajstić information content (AvgIpc) is 3.24. The summed E-state index contributed by atoms with van der Waals surface area (Å²) in [5, 5.41) is 6.70. The van der Waals surface area contributed by atoms with Gasteiger partial charge in [-0.1, -0.05) is 41.1 Å². The molecule has 1 aromatic carbocycles. The molecule has 0 bridgehead atoms. The molecule has 0 fully saturated rings. The number of amides is 1. The summed E-state index contributed by atoms with van der Waals surface area (Å²) >= 11 is 0. The zero-order chi connectivity index (χ0) is 19.0. The van der Waals surface area contributed by atoms with Crippen molar-refractivity contribution in [1.29, 1.82) is 0 Å². The lowest BCUT2D eigenvalue weighted by Crippen LogP contribution is -2.24. The maximum atomic E-state index is 12.4. The van der Waals surface area contributed by atoms with Crippen molar-refractivity contribution < 1.29 is 9.32 Å². The van der Waals surface area contributed by atoms with Crippen LogP contribution in [0.3, 0.4) is 0 Å². The Labute approximate surface area is 156 Å². The Hall–Kier alpha value is -3.41. The third-order valence-electron chi connectivity index (χ3n) is 4.47. The summed E-state index contributed by atoms with van der Waals surface area (Å²) in [7, 11) is 0. The number of hydrogen-bond donors (Lipinski definition) is 1. The number of carbonyl (C=O) groups is 1. The standard InChI is InChI=1S/C21H20N4O2/c1-13-4-7-16(8-5-13)20-18(25-12-14(2)6-9-19(25)23-20)11-22-21(26)17-10-15(3)27-24-17/h4-10,12H,11H2,1-3H3,(H,22,26). The highest BCUT2D eigenvalue weighted by Gasteiger charge is 2.17. The molecular formula is C21H20N4O2. The maximum Gasteiger partial charge on any atom is 0.273 e. The van der Waals surface area contributed by atoms with Crippen LogP contribution in [0.15, 0.2) is 53.2 Å². The van der Waals surface area contributed by atoms with Gasteiger partial charge in [0.25, 0.3) is 5.91 Å². The van der Waals surface area contributed by atoms with E-state index in [1.807, 2.05) is 29.7 Å². The number of nitrogens with one attached hydrogen (secondary N) is 1. The molecular weight excluding hydrogens is 340 g/mol. The van der Waals surface area contributed by atoms with Crippen LogP contribution in [0.5, 0.6) is 0 Å². The lowest BCUT2D eigenvalue weighted by atomic mass is 10.1. The predicted octanol–water partition coefficient (Wildman–Crippen LogP) is 3.84. The zero-order valence-corrected chi connectivity index (χ0v) is 15.5. The summed E-state index contributed by atoms with van der Waals surface area (Å²) in [5.74, 6) is 0.329. The second kappa shape index (κ2) is 6.72. The smallest absolute Gasteiger partial charge is 0.273 e. The first-order valence-corrected chi connectivity index (χ1v) is 8.77. The van der Waals surface area contributed by atoms with Crippen LogP contribution in [0.2, 0.25) is 0 Å². The first kappa shape index (κ1) is 17.0. The van der Waals surface area contributed by atoms with Crippen molar-refractivity contribution in [2.45, 2.75) is 27.3 Å². The van der Waals surface area contributed by atoms with Crippen LogP contribution in [0.1, 0.15) is 33.1 Å². The Morgan fingerprint density at radius 1 is 1.07 bits per heavy atom. The van der Waals surface area contributed by atoms with Gasteiger partial charge in [0, 0.05) is 17.8 Å². The topological polar surface area (TPSA) is 72.4 Å². The fourth-order valence-electron chi connectivity index (χ4n) is 3.04. The number of hydrogen-bond acceptors (Lipinski definition) is 4. The van der Waals surface area contributed by atoms with Gasteiger partial charge in [0.15, 0.2) is 5.69 Å². The number of aromatic nitrogens is 3. The van der Waals surface area contributed by atoms with E-state index in [0.29, 0.717) is 12.3 Å². The lowest BCUT2D eigenvalue weighted by Gasteiger charge is -2.07. The van der Waals surface area contributed by atoms with Gasteiger partial charge in [-0.3, -0.25) is 4.79 Å². The molecule has 136 valence electrons. The van der Waals surface area contributed by atoms with E-state index >= 15 is 0 Å². The molecule has 0 atom stereocenters. The van der Waals surface area contributed by atoms with Gasteiger partial charge in [0.1, 0.15) is 11.4 Å². The molecule has 1 N–H and O–H groups in total. The number of nitrogens with zero attached hydrogens (tertiary/aromatic N) is 3. The molecule has 4 rings (SSSR count). The number of rotatable bonds is 4. The number of pyridine rings is 1. The van der Waals surface area contributed by atoms with Gasteiger partial charge in [0.05, 0.1) is 17.9 Å². The monoisotopic (exact) mass is 360 g/mol. The summed E-state index contributed by atoms with van der Waals surface area (Å²) in [4.78, 5) is 17.2. The van der Waals surface area contributed by atoms with E-state index in [4.69, 9.17) is 9.51 Å². The second-order valence-corrected chi connectivity index (χ2v) is 6.71. The normalized spacial score (nSPS) is 11.1. The quantitative estimate of drug-likeness (QED) is 0.600. The number of benzene rings is 1. The molecule has 0 aliphatic heterocycles. The van der Waals surface area contributed by atoms with E-state index in [9.17, 15) is 4.79 Å². The van der Waals surface area contributed by atoms with Gasteiger partial charge in [-0.05, 0) is 32.4 Å². The fraction of sp³-hybridized carbons (Fsp3) is 0.190. The zero-order valence-electron chi connectivity index (χ0n) is 15.5. The minimum absolute atomic E-state index is 0.273. The van der Waals surface area contributed by atoms with Crippen molar-refractivity contribution in [2.24, 2.45) is 0 Å². The Balaban J connectivity index is 1.72. The van der Waals surface area contributed by atoms with Crippen LogP contribution in [0.25, 0.3) is 16.9 Å². The molecule has 0 radical (unpaired) electrons. The van der Waals surface area contributed by atoms with E-state index in [-0.39, 0.29) is 11.6 Å². The first-order chi connectivity index (χ1) is 13.0. The Morgan fingerprint density at radius 3 is 2.52 bits per heavy atom. The molecule has 6 heteroatoms. The summed E-state index contributed by atoms with van der Waals surface area (Å²) in [6, 6.07) is 13.9. The molecule has 0 saturated heterocycles. The van der Waals surface area contributed by atoms with Crippen molar-refractivity contribution in [1.82, 2.24) is 19.9 Å². The van der Waals surface area contributed by atoms with Crippen molar-refractivity contribution in [3.05, 3.63) is 76.9 Å².